The van der Waals surface area contributed by atoms with Crippen LogP contribution in [-0.2, 0) is 6.42 Å². The molecule has 0 amide bonds. The highest BCUT2D eigenvalue weighted by atomic mass is 16.3. The number of nitrogens with zero attached hydrogens (tertiary/aromatic N) is 1. The van der Waals surface area contributed by atoms with Crippen molar-refractivity contribution in [3.8, 4) is 0 Å². The quantitative estimate of drug-likeness (QED) is 0.777. The zero-order valence-corrected chi connectivity index (χ0v) is 9.11. The molecular formula is C12H18N2O. The van der Waals surface area contributed by atoms with E-state index in [0.29, 0.717) is 0 Å². The lowest BCUT2D eigenvalue weighted by Crippen LogP contribution is -2.19. The Morgan fingerprint density at radius 2 is 2.33 bits per heavy atom. The van der Waals surface area contributed by atoms with E-state index >= 15 is 0 Å². The topological polar surface area (TPSA) is 49.5 Å². The molecule has 1 aliphatic heterocycles. The van der Waals surface area contributed by atoms with Crippen LogP contribution in [0.4, 0.5) is 5.69 Å². The minimum absolute atomic E-state index is 0.288. The van der Waals surface area contributed by atoms with Crippen molar-refractivity contribution in [3.05, 3.63) is 29.3 Å². The standard InChI is InChI=1S/C12H18N2O/c1-2-14-6-5-9-7-10(12(15)8-13)3-4-11(9)14/h3-4,7,12,15H,2,5-6,8,13H2,1H3/t12-/m0/s1. The van der Waals surface area contributed by atoms with Gasteiger partial charge in [-0.15, -0.1) is 0 Å². The van der Waals surface area contributed by atoms with Crippen molar-refractivity contribution in [2.24, 2.45) is 5.73 Å². The lowest BCUT2D eigenvalue weighted by atomic mass is 10.0. The second-order valence-corrected chi connectivity index (χ2v) is 3.97. The van der Waals surface area contributed by atoms with Crippen molar-refractivity contribution in [3.63, 3.8) is 0 Å². The Morgan fingerprint density at radius 1 is 1.53 bits per heavy atom. The van der Waals surface area contributed by atoms with Crippen molar-refractivity contribution in [1.82, 2.24) is 0 Å². The van der Waals surface area contributed by atoms with Gasteiger partial charge >= 0.3 is 0 Å². The van der Waals surface area contributed by atoms with Gasteiger partial charge < -0.3 is 15.7 Å². The maximum atomic E-state index is 9.65. The first-order valence-electron chi connectivity index (χ1n) is 5.52. The van der Waals surface area contributed by atoms with Gasteiger partial charge in [0, 0.05) is 25.3 Å². The van der Waals surface area contributed by atoms with Crippen LogP contribution in [0.1, 0.15) is 24.2 Å². The van der Waals surface area contributed by atoms with Crippen molar-refractivity contribution >= 4 is 5.69 Å². The molecule has 3 N–H and O–H groups in total. The lowest BCUT2D eigenvalue weighted by Gasteiger charge is -2.17. The average Bonchev–Trinajstić information content (AvgIpc) is 2.69. The van der Waals surface area contributed by atoms with Gasteiger partial charge in [0.25, 0.3) is 0 Å². The third kappa shape index (κ3) is 1.85. The number of aliphatic hydroxyl groups is 1. The molecule has 1 atom stereocenters. The Kier molecular flexibility index (Phi) is 2.93. The largest absolute Gasteiger partial charge is 0.387 e. The molecule has 0 saturated heterocycles. The van der Waals surface area contributed by atoms with Crippen LogP contribution >= 0.6 is 0 Å². The monoisotopic (exact) mass is 206 g/mol. The van der Waals surface area contributed by atoms with Gasteiger partial charge in [0.2, 0.25) is 0 Å². The van der Waals surface area contributed by atoms with Gasteiger partial charge in [0.1, 0.15) is 0 Å². The zero-order chi connectivity index (χ0) is 10.8. The minimum atomic E-state index is -0.522. The van der Waals surface area contributed by atoms with Crippen molar-refractivity contribution < 1.29 is 5.11 Å². The summed E-state index contributed by atoms with van der Waals surface area (Å²) in [5.41, 5.74) is 9.03. The number of hydrogen-bond acceptors (Lipinski definition) is 3. The second-order valence-electron chi connectivity index (χ2n) is 3.97. The van der Waals surface area contributed by atoms with E-state index in [4.69, 9.17) is 5.73 Å². The predicted molar refractivity (Wildman–Crippen MR) is 62.0 cm³/mol. The molecule has 1 aromatic rings. The van der Waals surface area contributed by atoms with Gasteiger partial charge in [-0.05, 0) is 30.5 Å². The first-order valence-corrected chi connectivity index (χ1v) is 5.52. The second kappa shape index (κ2) is 4.21. The van der Waals surface area contributed by atoms with Crippen LogP contribution in [0.3, 0.4) is 0 Å². The Bertz CT molecular complexity index is 351. The molecule has 3 heteroatoms. The predicted octanol–water partition coefficient (Wildman–Crippen LogP) is 1.06. The number of nitrogens with two attached hydrogens (primary N) is 1. The molecule has 15 heavy (non-hydrogen) atoms. The van der Waals surface area contributed by atoms with Crippen LogP contribution in [0.25, 0.3) is 0 Å². The maximum absolute atomic E-state index is 9.65. The molecule has 1 aromatic carbocycles. The molecule has 1 aliphatic rings. The Labute approximate surface area is 90.5 Å². The number of likely N-dealkylation sites (N-methyl/N-ethyl adjacent to an activating group) is 1. The summed E-state index contributed by atoms with van der Waals surface area (Å²) in [6.07, 6.45) is 0.555. The number of benzene rings is 1. The highest BCUT2D eigenvalue weighted by Gasteiger charge is 2.18. The average molecular weight is 206 g/mol. The molecule has 0 aliphatic carbocycles. The molecule has 0 bridgehead atoms. The highest BCUT2D eigenvalue weighted by molar-refractivity contribution is 5.59. The Hall–Kier alpha value is -1.06. The smallest absolute Gasteiger partial charge is 0.0912 e. The number of hydrogen-bond donors (Lipinski definition) is 2. The molecule has 0 saturated carbocycles. The zero-order valence-electron chi connectivity index (χ0n) is 9.11. The van der Waals surface area contributed by atoms with Crippen LogP contribution in [0.5, 0.6) is 0 Å². The summed E-state index contributed by atoms with van der Waals surface area (Å²) in [5.74, 6) is 0. The van der Waals surface area contributed by atoms with E-state index in [-0.39, 0.29) is 6.54 Å². The SMILES string of the molecule is CCN1CCc2cc([C@@H](O)CN)ccc21. The third-order valence-electron chi connectivity index (χ3n) is 3.09. The molecular weight excluding hydrogens is 188 g/mol. The van der Waals surface area contributed by atoms with Crippen molar-refractivity contribution in [1.29, 1.82) is 0 Å². The van der Waals surface area contributed by atoms with E-state index < -0.39 is 6.10 Å². The fourth-order valence-electron chi connectivity index (χ4n) is 2.16. The molecule has 0 fully saturated rings. The van der Waals surface area contributed by atoms with E-state index in [9.17, 15) is 5.11 Å². The summed E-state index contributed by atoms with van der Waals surface area (Å²) in [6, 6.07) is 6.16. The number of aliphatic hydroxyl groups excluding tert-OH is 1. The highest BCUT2D eigenvalue weighted by Crippen LogP contribution is 2.29. The van der Waals surface area contributed by atoms with E-state index in [1.54, 1.807) is 0 Å². The molecule has 3 nitrogen and oxygen atoms in total. The summed E-state index contributed by atoms with van der Waals surface area (Å²) < 4.78 is 0. The van der Waals surface area contributed by atoms with Gasteiger partial charge in [0.15, 0.2) is 0 Å². The van der Waals surface area contributed by atoms with Crippen LogP contribution < -0.4 is 10.6 Å². The van der Waals surface area contributed by atoms with Crippen molar-refractivity contribution in [2.45, 2.75) is 19.4 Å². The summed E-state index contributed by atoms with van der Waals surface area (Å²) in [5, 5.41) is 9.65. The van der Waals surface area contributed by atoms with Crippen LogP contribution in [0, 0.1) is 0 Å². The Balaban J connectivity index is 2.29. The summed E-state index contributed by atoms with van der Waals surface area (Å²) in [4.78, 5) is 2.36. The fraction of sp³-hybridized carbons (Fsp3) is 0.500. The van der Waals surface area contributed by atoms with E-state index in [1.165, 1.54) is 11.3 Å². The third-order valence-corrected chi connectivity index (χ3v) is 3.09. The van der Waals surface area contributed by atoms with Gasteiger partial charge in [-0.2, -0.15) is 0 Å². The van der Waals surface area contributed by atoms with E-state index in [0.717, 1.165) is 25.1 Å². The Morgan fingerprint density at radius 3 is 3.00 bits per heavy atom. The molecule has 1 heterocycles. The summed E-state index contributed by atoms with van der Waals surface area (Å²) in [7, 11) is 0. The molecule has 0 spiro atoms. The molecule has 82 valence electrons. The first kappa shape index (κ1) is 10.5. The maximum Gasteiger partial charge on any atom is 0.0912 e. The van der Waals surface area contributed by atoms with Crippen LogP contribution in [-0.4, -0.2) is 24.7 Å². The molecule has 0 unspecified atom stereocenters. The first-order chi connectivity index (χ1) is 7.26. The fourth-order valence-corrected chi connectivity index (χ4v) is 2.16. The molecule has 0 aromatic heterocycles. The van der Waals surface area contributed by atoms with Gasteiger partial charge in [-0.25, -0.2) is 0 Å². The summed E-state index contributed by atoms with van der Waals surface area (Å²) >= 11 is 0. The summed E-state index contributed by atoms with van der Waals surface area (Å²) in [6.45, 7) is 4.59. The van der Waals surface area contributed by atoms with Crippen LogP contribution in [0.15, 0.2) is 18.2 Å². The van der Waals surface area contributed by atoms with Crippen LogP contribution in [0.2, 0.25) is 0 Å². The van der Waals surface area contributed by atoms with Gasteiger partial charge in [-0.1, -0.05) is 12.1 Å². The molecule has 2 rings (SSSR count). The van der Waals surface area contributed by atoms with E-state index in [1.807, 2.05) is 6.07 Å². The normalized spacial score (nSPS) is 16.6. The minimum Gasteiger partial charge on any atom is -0.387 e. The van der Waals surface area contributed by atoms with Gasteiger partial charge in [0.05, 0.1) is 6.10 Å². The number of anilines is 1. The van der Waals surface area contributed by atoms with E-state index in [2.05, 4.69) is 24.0 Å². The molecule has 0 radical (unpaired) electrons. The number of rotatable bonds is 3. The lowest BCUT2D eigenvalue weighted by molar-refractivity contribution is 0.186. The number of fused-ring (bicyclic) bond motifs is 1. The van der Waals surface area contributed by atoms with Gasteiger partial charge in [-0.3, -0.25) is 0 Å². The van der Waals surface area contributed by atoms with Crippen molar-refractivity contribution in [2.75, 3.05) is 24.5 Å².